The fraction of sp³-hybridized carbons (Fsp3) is 0.308. The molecule has 1 saturated carbocycles. The van der Waals surface area contributed by atoms with E-state index in [1.165, 1.54) is 10.9 Å². The Labute approximate surface area is 102 Å². The van der Waals surface area contributed by atoms with Crippen molar-refractivity contribution >= 4 is 32.6 Å². The lowest BCUT2D eigenvalue weighted by atomic mass is 9.97. The molecule has 0 spiro atoms. The van der Waals surface area contributed by atoms with Crippen LogP contribution in [0.2, 0.25) is 0 Å². The molecule has 0 bridgehead atoms. The summed E-state index contributed by atoms with van der Waals surface area (Å²) in [6.07, 6.45) is 4.50. The topological polar surface area (TPSA) is 32.9 Å². The summed E-state index contributed by atoms with van der Waals surface area (Å²) in [5, 5.41) is 1.24. The summed E-state index contributed by atoms with van der Waals surface area (Å²) in [6.45, 7) is 0. The monoisotopic (exact) mass is 277 g/mol. The maximum atomic E-state index is 11.3. The SMILES string of the molecule is O=C1CC[C@@H](c2c[nH]c3ccc(Br)cc23)C1. The van der Waals surface area contributed by atoms with Crippen molar-refractivity contribution in [2.75, 3.05) is 0 Å². The molecule has 3 heteroatoms. The van der Waals surface area contributed by atoms with Crippen LogP contribution in [0.15, 0.2) is 28.9 Å². The van der Waals surface area contributed by atoms with Crippen molar-refractivity contribution in [3.63, 3.8) is 0 Å². The average Bonchev–Trinajstić information content (AvgIpc) is 2.83. The number of nitrogens with one attached hydrogen (secondary N) is 1. The van der Waals surface area contributed by atoms with Crippen LogP contribution in [-0.2, 0) is 4.79 Å². The molecule has 1 aliphatic rings. The summed E-state index contributed by atoms with van der Waals surface area (Å²) in [7, 11) is 0. The lowest BCUT2D eigenvalue weighted by Crippen LogP contribution is -1.92. The Morgan fingerprint density at radius 1 is 1.38 bits per heavy atom. The molecular weight excluding hydrogens is 266 g/mol. The summed E-state index contributed by atoms with van der Waals surface area (Å²) in [5.41, 5.74) is 2.44. The number of carbonyl (C=O) groups excluding carboxylic acids is 1. The quantitative estimate of drug-likeness (QED) is 0.846. The first-order chi connectivity index (χ1) is 7.74. The summed E-state index contributed by atoms with van der Waals surface area (Å²) in [4.78, 5) is 14.6. The van der Waals surface area contributed by atoms with Crippen molar-refractivity contribution in [1.29, 1.82) is 0 Å². The molecule has 1 aliphatic carbocycles. The van der Waals surface area contributed by atoms with Crippen molar-refractivity contribution in [1.82, 2.24) is 4.98 Å². The predicted octanol–water partition coefficient (Wildman–Crippen LogP) is 3.77. The van der Waals surface area contributed by atoms with Gasteiger partial charge >= 0.3 is 0 Å². The van der Waals surface area contributed by atoms with E-state index in [0.29, 0.717) is 18.1 Å². The van der Waals surface area contributed by atoms with E-state index in [1.54, 1.807) is 0 Å². The maximum absolute atomic E-state index is 11.3. The fourth-order valence-electron chi connectivity index (χ4n) is 2.53. The van der Waals surface area contributed by atoms with Crippen LogP contribution in [0.1, 0.15) is 30.7 Å². The van der Waals surface area contributed by atoms with Crippen molar-refractivity contribution in [3.05, 3.63) is 34.4 Å². The number of aromatic nitrogens is 1. The number of hydrogen-bond donors (Lipinski definition) is 1. The zero-order chi connectivity index (χ0) is 11.1. The van der Waals surface area contributed by atoms with Gasteiger partial charge in [0.15, 0.2) is 0 Å². The van der Waals surface area contributed by atoms with Crippen LogP contribution in [0.25, 0.3) is 10.9 Å². The molecule has 1 aromatic heterocycles. The minimum Gasteiger partial charge on any atom is -0.361 e. The fourth-order valence-corrected chi connectivity index (χ4v) is 2.89. The van der Waals surface area contributed by atoms with Crippen LogP contribution in [0.4, 0.5) is 0 Å². The van der Waals surface area contributed by atoms with Crippen molar-refractivity contribution in [2.45, 2.75) is 25.2 Å². The normalized spacial score (nSPS) is 20.8. The van der Waals surface area contributed by atoms with Crippen LogP contribution in [0, 0.1) is 0 Å². The van der Waals surface area contributed by atoms with Gasteiger partial charge in [-0.2, -0.15) is 0 Å². The standard InChI is InChI=1S/C13H12BrNO/c14-9-2-4-13-11(6-9)12(7-15-13)8-1-3-10(16)5-8/h2,4,6-8,15H,1,3,5H2/t8-/m1/s1. The van der Waals surface area contributed by atoms with Gasteiger partial charge in [-0.1, -0.05) is 15.9 Å². The number of rotatable bonds is 1. The van der Waals surface area contributed by atoms with E-state index in [9.17, 15) is 4.79 Å². The number of Topliss-reactive ketones (excluding diaryl/α,β-unsaturated/α-hetero) is 1. The average molecular weight is 278 g/mol. The molecule has 1 atom stereocenters. The first-order valence-corrected chi connectivity index (χ1v) is 6.31. The van der Waals surface area contributed by atoms with Crippen molar-refractivity contribution < 1.29 is 4.79 Å². The van der Waals surface area contributed by atoms with Gasteiger partial charge in [0.05, 0.1) is 0 Å². The first kappa shape index (κ1) is 10.1. The third-order valence-electron chi connectivity index (χ3n) is 3.36. The van der Waals surface area contributed by atoms with E-state index < -0.39 is 0 Å². The first-order valence-electron chi connectivity index (χ1n) is 5.52. The smallest absolute Gasteiger partial charge is 0.133 e. The molecule has 2 nitrogen and oxygen atoms in total. The van der Waals surface area contributed by atoms with Gasteiger partial charge in [0, 0.05) is 34.4 Å². The Kier molecular flexibility index (Phi) is 2.36. The van der Waals surface area contributed by atoms with Crippen LogP contribution in [0.5, 0.6) is 0 Å². The van der Waals surface area contributed by atoms with Gasteiger partial charge in [-0.3, -0.25) is 4.79 Å². The number of benzene rings is 1. The third-order valence-corrected chi connectivity index (χ3v) is 3.85. The van der Waals surface area contributed by atoms with E-state index in [-0.39, 0.29) is 0 Å². The van der Waals surface area contributed by atoms with E-state index in [0.717, 1.165) is 22.8 Å². The van der Waals surface area contributed by atoms with Gasteiger partial charge in [-0.25, -0.2) is 0 Å². The zero-order valence-corrected chi connectivity index (χ0v) is 10.4. The second-order valence-electron chi connectivity index (χ2n) is 4.41. The maximum Gasteiger partial charge on any atom is 0.133 e. The van der Waals surface area contributed by atoms with Gasteiger partial charge in [0.1, 0.15) is 5.78 Å². The highest BCUT2D eigenvalue weighted by molar-refractivity contribution is 9.10. The van der Waals surface area contributed by atoms with E-state index in [2.05, 4.69) is 39.2 Å². The molecular formula is C13H12BrNO. The summed E-state index contributed by atoms with van der Waals surface area (Å²) in [5.74, 6) is 0.810. The zero-order valence-electron chi connectivity index (χ0n) is 8.79. The third kappa shape index (κ3) is 1.59. The Hall–Kier alpha value is -1.09. The molecule has 1 fully saturated rings. The Morgan fingerprint density at radius 3 is 3.00 bits per heavy atom. The van der Waals surface area contributed by atoms with E-state index in [4.69, 9.17) is 0 Å². The number of carbonyl (C=O) groups is 1. The number of fused-ring (bicyclic) bond motifs is 1. The molecule has 2 aromatic rings. The van der Waals surface area contributed by atoms with Gasteiger partial charge in [0.25, 0.3) is 0 Å². The summed E-state index contributed by atoms with van der Waals surface area (Å²) in [6, 6.07) is 6.23. The molecule has 82 valence electrons. The number of halogens is 1. The van der Waals surface area contributed by atoms with Gasteiger partial charge in [-0.05, 0) is 36.1 Å². The van der Waals surface area contributed by atoms with Gasteiger partial charge < -0.3 is 4.98 Å². The molecule has 1 aromatic carbocycles. The van der Waals surface area contributed by atoms with Gasteiger partial charge in [0.2, 0.25) is 0 Å². The molecule has 0 saturated heterocycles. The lowest BCUT2D eigenvalue weighted by molar-refractivity contribution is -0.117. The summed E-state index contributed by atoms with van der Waals surface area (Å²) >= 11 is 3.49. The molecule has 0 radical (unpaired) electrons. The van der Waals surface area contributed by atoms with E-state index >= 15 is 0 Å². The second-order valence-corrected chi connectivity index (χ2v) is 5.33. The Bertz CT molecular complexity index is 558. The summed E-state index contributed by atoms with van der Waals surface area (Å²) < 4.78 is 1.09. The highest BCUT2D eigenvalue weighted by atomic mass is 79.9. The van der Waals surface area contributed by atoms with Crippen LogP contribution >= 0.6 is 15.9 Å². The molecule has 0 amide bonds. The van der Waals surface area contributed by atoms with Crippen molar-refractivity contribution in [2.24, 2.45) is 0 Å². The largest absolute Gasteiger partial charge is 0.361 e. The molecule has 3 rings (SSSR count). The highest BCUT2D eigenvalue weighted by Gasteiger charge is 2.25. The number of ketones is 1. The van der Waals surface area contributed by atoms with Crippen LogP contribution in [-0.4, -0.2) is 10.8 Å². The molecule has 16 heavy (non-hydrogen) atoms. The van der Waals surface area contributed by atoms with Crippen LogP contribution in [0.3, 0.4) is 0 Å². The number of hydrogen-bond acceptors (Lipinski definition) is 1. The minimum absolute atomic E-state index is 0.398. The second kappa shape index (κ2) is 3.74. The van der Waals surface area contributed by atoms with Gasteiger partial charge in [-0.15, -0.1) is 0 Å². The Morgan fingerprint density at radius 2 is 2.25 bits per heavy atom. The number of aromatic amines is 1. The lowest BCUT2D eigenvalue weighted by Gasteiger charge is -2.06. The van der Waals surface area contributed by atoms with E-state index in [1.807, 2.05) is 6.07 Å². The molecule has 1 heterocycles. The predicted molar refractivity (Wildman–Crippen MR) is 67.6 cm³/mol. The highest BCUT2D eigenvalue weighted by Crippen LogP contribution is 2.36. The minimum atomic E-state index is 0.398. The molecule has 0 aliphatic heterocycles. The van der Waals surface area contributed by atoms with Crippen molar-refractivity contribution in [3.8, 4) is 0 Å². The van der Waals surface area contributed by atoms with Crippen LogP contribution < -0.4 is 0 Å². The molecule has 1 N–H and O–H groups in total. The Balaban J connectivity index is 2.09. The number of H-pyrrole nitrogens is 1. The molecule has 0 unspecified atom stereocenters.